The van der Waals surface area contributed by atoms with E-state index in [1.807, 2.05) is 6.07 Å². The third-order valence-corrected chi connectivity index (χ3v) is 10.8. The fourth-order valence-electron chi connectivity index (χ4n) is 8.64. The molecule has 0 aliphatic rings. The molecule has 0 bridgehead atoms. The van der Waals surface area contributed by atoms with Crippen LogP contribution >= 0.6 is 0 Å². The smallest absolute Gasteiger partial charge is 0.136 e. The molecule has 0 amide bonds. The quantitative estimate of drug-likeness (QED) is 0.172. The van der Waals surface area contributed by atoms with Gasteiger partial charge < -0.3 is 8.98 Å². The summed E-state index contributed by atoms with van der Waals surface area (Å²) in [6.45, 7) is 0. The van der Waals surface area contributed by atoms with Crippen molar-refractivity contribution in [2.24, 2.45) is 0 Å². The van der Waals surface area contributed by atoms with Crippen LogP contribution in [-0.2, 0) is 0 Å². The Labute approximate surface area is 300 Å². The minimum absolute atomic E-state index is 0.907. The summed E-state index contributed by atoms with van der Waals surface area (Å²) in [5, 5.41) is 9.71. The van der Waals surface area contributed by atoms with Crippen LogP contribution in [0.5, 0.6) is 0 Å². The molecule has 0 spiro atoms. The molecule has 2 heterocycles. The molecule has 11 rings (SSSR count). The second-order valence-corrected chi connectivity index (χ2v) is 13.6. The molecule has 2 heteroatoms. The van der Waals surface area contributed by atoms with E-state index >= 15 is 0 Å². The van der Waals surface area contributed by atoms with Gasteiger partial charge >= 0.3 is 0 Å². The van der Waals surface area contributed by atoms with Crippen LogP contribution in [0.25, 0.3) is 104 Å². The van der Waals surface area contributed by atoms with Gasteiger partial charge in [0.2, 0.25) is 0 Å². The first-order chi connectivity index (χ1) is 25.8. The first-order valence-corrected chi connectivity index (χ1v) is 17.9. The molecule has 242 valence electrons. The highest BCUT2D eigenvalue weighted by atomic mass is 16.3. The highest BCUT2D eigenvalue weighted by Gasteiger charge is 2.22. The van der Waals surface area contributed by atoms with Gasteiger partial charge in [-0.05, 0) is 91.3 Å². The number of rotatable bonds is 4. The molecule has 52 heavy (non-hydrogen) atoms. The molecule has 2 aromatic heterocycles. The van der Waals surface area contributed by atoms with Gasteiger partial charge in [0, 0.05) is 27.2 Å². The van der Waals surface area contributed by atoms with Gasteiger partial charge in [-0.15, -0.1) is 0 Å². The van der Waals surface area contributed by atoms with E-state index < -0.39 is 0 Å². The first kappa shape index (κ1) is 28.9. The van der Waals surface area contributed by atoms with Crippen molar-refractivity contribution in [1.82, 2.24) is 4.57 Å². The van der Waals surface area contributed by atoms with E-state index in [1.54, 1.807) is 0 Å². The number of fused-ring (bicyclic) bond motifs is 8. The molecule has 0 saturated heterocycles. The number of hydrogen-bond donors (Lipinski definition) is 0. The molecule has 9 aromatic carbocycles. The molecule has 0 radical (unpaired) electrons. The molecular weight excluding hydrogens is 631 g/mol. The van der Waals surface area contributed by atoms with Crippen LogP contribution in [-0.4, -0.2) is 4.57 Å². The van der Waals surface area contributed by atoms with Crippen molar-refractivity contribution in [3.05, 3.63) is 188 Å². The highest BCUT2D eigenvalue weighted by Crippen LogP contribution is 2.48. The van der Waals surface area contributed by atoms with E-state index in [0.717, 1.165) is 27.6 Å². The van der Waals surface area contributed by atoms with Crippen molar-refractivity contribution < 1.29 is 4.42 Å². The van der Waals surface area contributed by atoms with Crippen LogP contribution in [0.2, 0.25) is 0 Å². The zero-order chi connectivity index (χ0) is 34.2. The Balaban J connectivity index is 1.21. The Morgan fingerprint density at radius 3 is 1.58 bits per heavy atom. The van der Waals surface area contributed by atoms with Crippen LogP contribution in [0.15, 0.2) is 192 Å². The van der Waals surface area contributed by atoms with Gasteiger partial charge in [0.25, 0.3) is 0 Å². The zero-order valence-corrected chi connectivity index (χ0v) is 28.3. The van der Waals surface area contributed by atoms with E-state index in [1.165, 1.54) is 76.7 Å². The zero-order valence-electron chi connectivity index (χ0n) is 28.3. The number of nitrogens with zero attached hydrogens (tertiary/aromatic N) is 1. The fourth-order valence-corrected chi connectivity index (χ4v) is 8.64. The Kier molecular flexibility index (Phi) is 6.28. The number of benzene rings is 9. The lowest BCUT2D eigenvalue weighted by Crippen LogP contribution is -1.94. The lowest BCUT2D eigenvalue weighted by atomic mass is 9.83. The summed E-state index contributed by atoms with van der Waals surface area (Å²) in [6.07, 6.45) is 0. The predicted molar refractivity (Wildman–Crippen MR) is 219 cm³/mol. The number of aromatic nitrogens is 1. The van der Waals surface area contributed by atoms with Crippen LogP contribution in [0, 0.1) is 0 Å². The Morgan fingerprint density at radius 1 is 0.327 bits per heavy atom. The van der Waals surface area contributed by atoms with Crippen LogP contribution in [0.1, 0.15) is 0 Å². The molecule has 0 aliphatic carbocycles. The maximum atomic E-state index is 6.38. The third-order valence-electron chi connectivity index (χ3n) is 10.8. The topological polar surface area (TPSA) is 18.1 Å². The lowest BCUT2D eigenvalue weighted by Gasteiger charge is -2.20. The van der Waals surface area contributed by atoms with Crippen molar-refractivity contribution in [3.8, 4) is 39.1 Å². The van der Waals surface area contributed by atoms with E-state index in [2.05, 4.69) is 187 Å². The van der Waals surface area contributed by atoms with Gasteiger partial charge in [-0.2, -0.15) is 0 Å². The molecule has 0 N–H and O–H groups in total. The molecule has 0 atom stereocenters. The standard InChI is InChI=1S/C50H31NO/c1-2-15-33(16-3-1)51-44-26-12-10-18-35(44)36-30-29-32(31-45(36)51)34-17-4-5-19-37(34)48-38-20-6-8-22-40(38)49(41-23-9-7-21-39(41)48)43-25-14-28-47-50(43)42-24-11-13-27-46(42)52-47/h1-31H. The minimum Gasteiger partial charge on any atom is -0.456 e. The van der Waals surface area contributed by atoms with Crippen molar-refractivity contribution in [3.63, 3.8) is 0 Å². The molecule has 2 nitrogen and oxygen atoms in total. The first-order valence-electron chi connectivity index (χ1n) is 17.9. The third kappa shape index (κ3) is 4.19. The Morgan fingerprint density at radius 2 is 0.846 bits per heavy atom. The average molecular weight is 662 g/mol. The normalized spacial score (nSPS) is 11.8. The van der Waals surface area contributed by atoms with Crippen molar-refractivity contribution in [2.75, 3.05) is 0 Å². The largest absolute Gasteiger partial charge is 0.456 e. The van der Waals surface area contributed by atoms with Crippen LogP contribution in [0.3, 0.4) is 0 Å². The van der Waals surface area contributed by atoms with Crippen molar-refractivity contribution in [2.45, 2.75) is 0 Å². The highest BCUT2D eigenvalue weighted by molar-refractivity contribution is 6.26. The van der Waals surface area contributed by atoms with Crippen LogP contribution < -0.4 is 0 Å². The molecule has 11 aromatic rings. The number of furan rings is 1. The van der Waals surface area contributed by atoms with Crippen molar-refractivity contribution >= 4 is 65.3 Å². The summed E-state index contributed by atoms with van der Waals surface area (Å²) in [5.41, 5.74) is 12.7. The van der Waals surface area contributed by atoms with Crippen molar-refractivity contribution in [1.29, 1.82) is 0 Å². The summed E-state index contributed by atoms with van der Waals surface area (Å²) < 4.78 is 8.78. The number of hydrogen-bond acceptors (Lipinski definition) is 1. The lowest BCUT2D eigenvalue weighted by molar-refractivity contribution is 0.669. The second kappa shape index (κ2) is 11.3. The molecule has 0 saturated carbocycles. The van der Waals surface area contributed by atoms with E-state index in [-0.39, 0.29) is 0 Å². The monoisotopic (exact) mass is 661 g/mol. The van der Waals surface area contributed by atoms with Gasteiger partial charge in [0.1, 0.15) is 11.2 Å². The number of para-hydroxylation sites is 3. The summed E-state index contributed by atoms with van der Waals surface area (Å²) in [4.78, 5) is 0. The maximum absolute atomic E-state index is 6.38. The van der Waals surface area contributed by atoms with E-state index in [4.69, 9.17) is 4.42 Å². The molecular formula is C50H31NO. The van der Waals surface area contributed by atoms with Gasteiger partial charge in [-0.1, -0.05) is 152 Å². The second-order valence-electron chi connectivity index (χ2n) is 13.6. The average Bonchev–Trinajstić information content (AvgIpc) is 3.76. The van der Waals surface area contributed by atoms with E-state index in [0.29, 0.717) is 0 Å². The molecule has 0 fully saturated rings. The summed E-state index contributed by atoms with van der Waals surface area (Å²) in [5.74, 6) is 0. The Hall–Kier alpha value is -6.90. The van der Waals surface area contributed by atoms with Gasteiger partial charge in [-0.3, -0.25) is 0 Å². The van der Waals surface area contributed by atoms with Gasteiger partial charge in [-0.25, -0.2) is 0 Å². The van der Waals surface area contributed by atoms with Crippen LogP contribution in [0.4, 0.5) is 0 Å². The minimum atomic E-state index is 0.907. The summed E-state index contributed by atoms with van der Waals surface area (Å²) in [7, 11) is 0. The Bertz CT molecular complexity index is 3120. The summed E-state index contributed by atoms with van der Waals surface area (Å²) in [6, 6.07) is 68.0. The predicted octanol–water partition coefficient (Wildman–Crippen LogP) is 14.0. The molecule has 0 unspecified atom stereocenters. The maximum Gasteiger partial charge on any atom is 0.136 e. The van der Waals surface area contributed by atoms with Gasteiger partial charge in [0.05, 0.1) is 11.0 Å². The van der Waals surface area contributed by atoms with Gasteiger partial charge in [0.15, 0.2) is 0 Å². The SMILES string of the molecule is c1ccc(-n2c3ccccc3c3ccc(-c4ccccc4-c4c5ccccc5c(-c5cccc6oc7ccccc7c56)c5ccccc45)cc32)cc1. The van der Waals surface area contributed by atoms with E-state index in [9.17, 15) is 0 Å². The summed E-state index contributed by atoms with van der Waals surface area (Å²) >= 11 is 0. The fraction of sp³-hybridized carbons (Fsp3) is 0. The molecule has 0 aliphatic heterocycles.